The molecule has 0 saturated carbocycles. The van der Waals surface area contributed by atoms with Gasteiger partial charge in [0.1, 0.15) is 6.61 Å². The van der Waals surface area contributed by atoms with Gasteiger partial charge in [0.15, 0.2) is 0 Å². The van der Waals surface area contributed by atoms with Gasteiger partial charge in [-0.1, -0.05) is 46.3 Å². The molecule has 0 aromatic heterocycles. The van der Waals surface area contributed by atoms with Gasteiger partial charge in [-0.3, -0.25) is 0 Å². The quantitative estimate of drug-likeness (QED) is 0.866. The number of benzene rings is 2. The van der Waals surface area contributed by atoms with E-state index in [9.17, 15) is 4.79 Å². The van der Waals surface area contributed by atoms with Crippen LogP contribution < -0.4 is 5.32 Å². The lowest BCUT2D eigenvalue weighted by Crippen LogP contribution is -2.25. The van der Waals surface area contributed by atoms with E-state index in [2.05, 4.69) is 27.3 Å². The zero-order valence-corrected chi connectivity index (χ0v) is 13.2. The summed E-state index contributed by atoms with van der Waals surface area (Å²) in [6.07, 6.45) is 0.871. The van der Waals surface area contributed by atoms with Gasteiger partial charge in [0.25, 0.3) is 0 Å². The number of hydrogen-bond donors (Lipinski definition) is 1. The minimum atomic E-state index is -0.246. The van der Waals surface area contributed by atoms with Crippen molar-refractivity contribution in [2.45, 2.75) is 19.6 Å². The zero-order chi connectivity index (χ0) is 14.7. The van der Waals surface area contributed by atoms with Crippen LogP contribution in [0.1, 0.15) is 27.0 Å². The summed E-state index contributed by atoms with van der Waals surface area (Å²) in [7, 11) is 0. The average molecular weight is 346 g/mol. The number of carbonyl (C=O) groups excluding carboxylic acids is 1. The van der Waals surface area contributed by atoms with Gasteiger partial charge in [-0.2, -0.15) is 0 Å². The highest BCUT2D eigenvalue weighted by Crippen LogP contribution is 2.21. The Kier molecular flexibility index (Phi) is 4.36. The predicted molar refractivity (Wildman–Crippen MR) is 85.1 cm³/mol. The summed E-state index contributed by atoms with van der Waals surface area (Å²) in [5.41, 5.74) is 3.98. The van der Waals surface area contributed by atoms with Crippen molar-refractivity contribution in [3.8, 4) is 0 Å². The lowest BCUT2D eigenvalue weighted by molar-refractivity contribution is 0.0470. The highest BCUT2D eigenvalue weighted by Gasteiger charge is 2.18. The fourth-order valence-corrected chi connectivity index (χ4v) is 2.96. The molecule has 0 fully saturated rings. The van der Waals surface area contributed by atoms with E-state index in [1.807, 2.05) is 36.4 Å². The molecule has 0 atom stereocenters. The van der Waals surface area contributed by atoms with E-state index in [0.717, 1.165) is 35.1 Å². The molecule has 0 unspecified atom stereocenters. The van der Waals surface area contributed by atoms with Crippen LogP contribution in [0, 0.1) is 0 Å². The molecule has 3 rings (SSSR count). The second-order valence-electron chi connectivity index (χ2n) is 5.04. The number of esters is 1. The van der Waals surface area contributed by atoms with Crippen molar-refractivity contribution >= 4 is 21.9 Å². The number of rotatable bonds is 3. The number of halogens is 1. The van der Waals surface area contributed by atoms with Gasteiger partial charge in [-0.05, 0) is 36.2 Å². The van der Waals surface area contributed by atoms with Gasteiger partial charge in [0, 0.05) is 16.6 Å². The van der Waals surface area contributed by atoms with Crippen molar-refractivity contribution in [3.63, 3.8) is 0 Å². The Bertz CT molecular complexity index is 670. The molecular formula is C17H16BrNO2. The molecule has 1 aliphatic rings. The second kappa shape index (κ2) is 6.41. The Morgan fingerprint density at radius 2 is 2.05 bits per heavy atom. The number of fused-ring (bicyclic) bond motifs is 1. The van der Waals surface area contributed by atoms with Crippen molar-refractivity contribution < 1.29 is 9.53 Å². The maximum Gasteiger partial charge on any atom is 0.338 e. The first kappa shape index (κ1) is 14.3. The van der Waals surface area contributed by atoms with E-state index in [0.29, 0.717) is 5.56 Å². The molecule has 0 saturated heterocycles. The van der Waals surface area contributed by atoms with Crippen LogP contribution in [0.2, 0.25) is 0 Å². The second-order valence-corrected chi connectivity index (χ2v) is 5.89. The molecule has 0 aliphatic carbocycles. The number of carbonyl (C=O) groups is 1. The molecule has 2 aromatic carbocycles. The topological polar surface area (TPSA) is 38.3 Å². The molecule has 21 heavy (non-hydrogen) atoms. The largest absolute Gasteiger partial charge is 0.457 e. The van der Waals surface area contributed by atoms with E-state index < -0.39 is 0 Å². The fourth-order valence-electron chi connectivity index (χ4n) is 2.56. The first-order chi connectivity index (χ1) is 10.3. The standard InChI is InChI=1S/C17H16BrNO2/c18-16-7-2-1-4-13(16)11-21-17(20)15-6-3-5-12-10-19-9-8-14(12)15/h1-7,19H,8-11H2. The first-order valence-corrected chi connectivity index (χ1v) is 7.77. The summed E-state index contributed by atoms with van der Waals surface area (Å²) in [6, 6.07) is 13.6. The van der Waals surface area contributed by atoms with Crippen molar-refractivity contribution in [2.75, 3.05) is 6.54 Å². The maximum atomic E-state index is 12.3. The molecule has 3 nitrogen and oxygen atoms in total. The Morgan fingerprint density at radius 3 is 2.90 bits per heavy atom. The third-order valence-electron chi connectivity index (χ3n) is 3.68. The van der Waals surface area contributed by atoms with Gasteiger partial charge in [-0.25, -0.2) is 4.79 Å². The minimum Gasteiger partial charge on any atom is -0.457 e. The Labute approximate surface area is 132 Å². The molecule has 108 valence electrons. The van der Waals surface area contributed by atoms with E-state index in [4.69, 9.17) is 4.74 Å². The van der Waals surface area contributed by atoms with E-state index in [1.165, 1.54) is 5.56 Å². The summed E-state index contributed by atoms with van der Waals surface area (Å²) in [6.45, 7) is 2.00. The van der Waals surface area contributed by atoms with Crippen LogP contribution in [0.15, 0.2) is 46.9 Å². The average Bonchev–Trinajstić information content (AvgIpc) is 2.53. The fraction of sp³-hybridized carbons (Fsp3) is 0.235. The van der Waals surface area contributed by atoms with Crippen LogP contribution in [-0.4, -0.2) is 12.5 Å². The maximum absolute atomic E-state index is 12.3. The summed E-state index contributed by atoms with van der Waals surface area (Å²) in [5.74, 6) is -0.246. The van der Waals surface area contributed by atoms with Crippen LogP contribution >= 0.6 is 15.9 Å². The van der Waals surface area contributed by atoms with Crippen molar-refractivity contribution in [3.05, 3.63) is 69.2 Å². The molecule has 4 heteroatoms. The van der Waals surface area contributed by atoms with Gasteiger partial charge in [0.2, 0.25) is 0 Å². The highest BCUT2D eigenvalue weighted by atomic mass is 79.9. The Balaban J connectivity index is 1.76. The first-order valence-electron chi connectivity index (χ1n) is 6.98. The monoisotopic (exact) mass is 345 g/mol. The van der Waals surface area contributed by atoms with Gasteiger partial charge >= 0.3 is 5.97 Å². The summed E-state index contributed by atoms with van der Waals surface area (Å²) in [4.78, 5) is 12.3. The van der Waals surface area contributed by atoms with E-state index >= 15 is 0 Å². The molecular weight excluding hydrogens is 330 g/mol. The van der Waals surface area contributed by atoms with Gasteiger partial charge < -0.3 is 10.1 Å². The van der Waals surface area contributed by atoms with Gasteiger partial charge in [0.05, 0.1) is 5.56 Å². The van der Waals surface area contributed by atoms with Crippen LogP contribution in [0.5, 0.6) is 0 Å². The predicted octanol–water partition coefficient (Wildman–Crippen LogP) is 3.45. The van der Waals surface area contributed by atoms with Crippen LogP contribution in [0.4, 0.5) is 0 Å². The van der Waals surface area contributed by atoms with Crippen molar-refractivity contribution in [1.82, 2.24) is 5.32 Å². The van der Waals surface area contributed by atoms with Gasteiger partial charge in [-0.15, -0.1) is 0 Å². The van der Waals surface area contributed by atoms with Crippen LogP contribution in [-0.2, 0) is 24.3 Å². The third kappa shape index (κ3) is 3.17. The minimum absolute atomic E-state index is 0.246. The molecule has 0 radical (unpaired) electrons. The number of ether oxygens (including phenoxy) is 1. The Hall–Kier alpha value is -1.65. The molecule has 0 spiro atoms. The van der Waals surface area contributed by atoms with Crippen LogP contribution in [0.25, 0.3) is 0 Å². The van der Waals surface area contributed by atoms with Crippen molar-refractivity contribution in [1.29, 1.82) is 0 Å². The molecule has 1 N–H and O–H groups in total. The molecule has 2 aromatic rings. The summed E-state index contributed by atoms with van der Waals surface area (Å²) >= 11 is 3.46. The SMILES string of the molecule is O=C(OCc1ccccc1Br)c1cccc2c1CCNC2. The number of nitrogens with one attached hydrogen (secondary N) is 1. The summed E-state index contributed by atoms with van der Waals surface area (Å²) in [5, 5.41) is 3.31. The molecule has 1 heterocycles. The number of hydrogen-bond acceptors (Lipinski definition) is 3. The van der Waals surface area contributed by atoms with E-state index in [-0.39, 0.29) is 12.6 Å². The lowest BCUT2D eigenvalue weighted by atomic mass is 9.95. The van der Waals surface area contributed by atoms with Crippen molar-refractivity contribution in [2.24, 2.45) is 0 Å². The molecule has 0 bridgehead atoms. The summed E-state index contributed by atoms with van der Waals surface area (Å²) < 4.78 is 6.43. The third-order valence-corrected chi connectivity index (χ3v) is 4.45. The van der Waals surface area contributed by atoms with E-state index in [1.54, 1.807) is 0 Å². The Morgan fingerprint density at radius 1 is 1.19 bits per heavy atom. The zero-order valence-electron chi connectivity index (χ0n) is 11.6. The smallest absolute Gasteiger partial charge is 0.338 e. The molecule has 0 amide bonds. The highest BCUT2D eigenvalue weighted by molar-refractivity contribution is 9.10. The van der Waals surface area contributed by atoms with Crippen LogP contribution in [0.3, 0.4) is 0 Å². The normalized spacial score (nSPS) is 13.6. The molecule has 1 aliphatic heterocycles. The lowest BCUT2D eigenvalue weighted by Gasteiger charge is -2.19.